The molecule has 5 nitrogen and oxygen atoms in total. The van der Waals surface area contributed by atoms with Gasteiger partial charge in [-0.15, -0.1) is 0 Å². The Kier molecular flexibility index (Phi) is 4.01. The van der Waals surface area contributed by atoms with Gasteiger partial charge in [-0.1, -0.05) is 13.8 Å². The summed E-state index contributed by atoms with van der Waals surface area (Å²) in [7, 11) is 0. The van der Waals surface area contributed by atoms with Gasteiger partial charge in [0.15, 0.2) is 0 Å². The number of aliphatic hydroxyl groups excluding tert-OH is 3. The number of fused-ring (bicyclic) bond motifs is 2. The zero-order valence-electron chi connectivity index (χ0n) is 16.1. The van der Waals surface area contributed by atoms with Crippen LogP contribution in [0, 0.1) is 34.0 Å². The lowest BCUT2D eigenvalue weighted by Crippen LogP contribution is -2.65. The molecular formula is C21H32O5. The van der Waals surface area contributed by atoms with Crippen LogP contribution in [0.1, 0.15) is 65.7 Å². The van der Waals surface area contributed by atoms with Gasteiger partial charge in [0, 0.05) is 24.2 Å². The fraction of sp³-hybridized carbons (Fsp3) is 0.905. The third kappa shape index (κ3) is 2.03. The minimum atomic E-state index is -0.855. The number of ketones is 2. The fourth-order valence-electron chi connectivity index (χ4n) is 7.94. The number of carbonyl (C=O) groups is 2. The van der Waals surface area contributed by atoms with E-state index in [1.807, 2.05) is 6.92 Å². The standard InChI is InChI=1S/C21H32O5/c1-11(22)12-4-5-18(26)21-10-15(24)13-8-14(23)16(25)9-19(13,2)17(21)6-7-20(12,21)3/h11-14,16-17,22-23,25H,4-10H2,1-3H3/t11-,12+,13-,14+,16-,17+,19-,20+,21-/m0/s1. The van der Waals surface area contributed by atoms with E-state index in [1.54, 1.807) is 0 Å². The quantitative estimate of drug-likeness (QED) is 0.660. The van der Waals surface area contributed by atoms with Crippen molar-refractivity contribution in [1.82, 2.24) is 0 Å². The van der Waals surface area contributed by atoms with Crippen LogP contribution in [0.5, 0.6) is 0 Å². The van der Waals surface area contributed by atoms with Crippen molar-refractivity contribution in [3.63, 3.8) is 0 Å². The molecule has 146 valence electrons. The van der Waals surface area contributed by atoms with Crippen molar-refractivity contribution in [2.45, 2.75) is 84.0 Å². The van der Waals surface area contributed by atoms with Crippen molar-refractivity contribution in [3.8, 4) is 0 Å². The Morgan fingerprint density at radius 2 is 1.81 bits per heavy atom. The molecule has 4 rings (SSSR count). The molecule has 0 aromatic heterocycles. The maximum Gasteiger partial charge on any atom is 0.140 e. The second kappa shape index (κ2) is 5.62. The molecule has 3 N–H and O–H groups in total. The van der Waals surface area contributed by atoms with Crippen LogP contribution in [0.25, 0.3) is 0 Å². The predicted octanol–water partition coefficient (Wildman–Crippen LogP) is 1.86. The number of Topliss-reactive ketones (excluding diaryl/α,β-unsaturated/α-hetero) is 2. The van der Waals surface area contributed by atoms with Crippen LogP contribution in [-0.2, 0) is 9.59 Å². The summed E-state index contributed by atoms with van der Waals surface area (Å²) in [6.07, 6.45) is 1.55. The second-order valence-electron chi connectivity index (χ2n) is 10.1. The Morgan fingerprint density at radius 3 is 2.46 bits per heavy atom. The summed E-state index contributed by atoms with van der Waals surface area (Å²) in [5.74, 6) is 0.0465. The maximum absolute atomic E-state index is 13.4. The SMILES string of the molecule is C[C@H](O)[C@H]1CCC(=O)[C@]23CC(=O)[C@@H]4C[C@@H](O)[C@@H](O)C[C@]4(C)[C@H]2CC[C@]13C. The summed E-state index contributed by atoms with van der Waals surface area (Å²) in [6.45, 7) is 5.98. The molecule has 4 saturated carbocycles. The maximum atomic E-state index is 13.4. The first-order chi connectivity index (χ1) is 12.1. The Hall–Kier alpha value is -0.780. The molecule has 4 aliphatic rings. The van der Waals surface area contributed by atoms with E-state index < -0.39 is 29.1 Å². The fourth-order valence-corrected chi connectivity index (χ4v) is 7.94. The van der Waals surface area contributed by atoms with Crippen LogP contribution < -0.4 is 0 Å². The normalized spacial score (nSPS) is 55.1. The number of carbonyl (C=O) groups excluding carboxylic acids is 2. The largest absolute Gasteiger partial charge is 0.393 e. The molecule has 0 heterocycles. The van der Waals surface area contributed by atoms with Crippen LogP contribution in [-0.4, -0.2) is 45.2 Å². The van der Waals surface area contributed by atoms with Gasteiger partial charge in [-0.25, -0.2) is 0 Å². The smallest absolute Gasteiger partial charge is 0.140 e. The molecule has 9 atom stereocenters. The second-order valence-corrected chi connectivity index (χ2v) is 10.1. The predicted molar refractivity (Wildman–Crippen MR) is 95.1 cm³/mol. The topological polar surface area (TPSA) is 94.8 Å². The Bertz CT molecular complexity index is 644. The summed E-state index contributed by atoms with van der Waals surface area (Å²) in [5.41, 5.74) is -1.54. The molecule has 0 amide bonds. The summed E-state index contributed by atoms with van der Waals surface area (Å²) in [4.78, 5) is 26.6. The lowest BCUT2D eigenvalue weighted by molar-refractivity contribution is -0.193. The van der Waals surface area contributed by atoms with Crippen molar-refractivity contribution >= 4 is 11.6 Å². The van der Waals surface area contributed by atoms with Gasteiger partial charge in [-0.3, -0.25) is 9.59 Å². The zero-order valence-corrected chi connectivity index (χ0v) is 16.1. The lowest BCUT2D eigenvalue weighted by atomic mass is 9.40. The molecule has 0 unspecified atom stereocenters. The molecule has 0 saturated heterocycles. The zero-order chi connectivity index (χ0) is 19.1. The number of hydrogen-bond acceptors (Lipinski definition) is 5. The third-order valence-corrected chi connectivity index (χ3v) is 9.15. The van der Waals surface area contributed by atoms with E-state index in [9.17, 15) is 24.9 Å². The first-order valence-electron chi connectivity index (χ1n) is 10.2. The highest BCUT2D eigenvalue weighted by Crippen LogP contribution is 2.74. The highest BCUT2D eigenvalue weighted by molar-refractivity contribution is 5.96. The van der Waals surface area contributed by atoms with Crippen LogP contribution in [0.3, 0.4) is 0 Å². The average Bonchev–Trinajstić information content (AvgIpc) is 2.86. The molecular weight excluding hydrogens is 332 g/mol. The minimum absolute atomic E-state index is 0.0252. The molecule has 0 bridgehead atoms. The summed E-state index contributed by atoms with van der Waals surface area (Å²) >= 11 is 0. The summed E-state index contributed by atoms with van der Waals surface area (Å²) in [6, 6.07) is 0. The molecule has 4 aliphatic carbocycles. The van der Waals surface area contributed by atoms with Crippen molar-refractivity contribution in [1.29, 1.82) is 0 Å². The van der Waals surface area contributed by atoms with Crippen LogP contribution in [0.15, 0.2) is 0 Å². The number of hydrogen-bond donors (Lipinski definition) is 3. The minimum Gasteiger partial charge on any atom is -0.393 e. The van der Waals surface area contributed by atoms with Crippen LogP contribution in [0.2, 0.25) is 0 Å². The first kappa shape index (κ1) is 18.6. The lowest BCUT2D eigenvalue weighted by Gasteiger charge is -2.62. The highest BCUT2D eigenvalue weighted by Gasteiger charge is 2.74. The van der Waals surface area contributed by atoms with E-state index >= 15 is 0 Å². The average molecular weight is 364 g/mol. The highest BCUT2D eigenvalue weighted by atomic mass is 16.3. The third-order valence-electron chi connectivity index (χ3n) is 9.15. The van der Waals surface area contributed by atoms with E-state index in [2.05, 4.69) is 13.8 Å². The molecule has 26 heavy (non-hydrogen) atoms. The molecule has 1 spiro atoms. The molecule has 4 fully saturated rings. The van der Waals surface area contributed by atoms with Gasteiger partial charge in [-0.2, -0.15) is 0 Å². The molecule has 0 radical (unpaired) electrons. The number of rotatable bonds is 1. The van der Waals surface area contributed by atoms with Gasteiger partial charge in [0.1, 0.15) is 11.6 Å². The Balaban J connectivity index is 1.84. The van der Waals surface area contributed by atoms with Gasteiger partial charge in [0.2, 0.25) is 0 Å². The van der Waals surface area contributed by atoms with Crippen LogP contribution in [0.4, 0.5) is 0 Å². The van der Waals surface area contributed by atoms with Gasteiger partial charge < -0.3 is 15.3 Å². The Morgan fingerprint density at radius 1 is 1.12 bits per heavy atom. The van der Waals surface area contributed by atoms with Gasteiger partial charge in [-0.05, 0) is 61.7 Å². The van der Waals surface area contributed by atoms with Crippen molar-refractivity contribution < 1.29 is 24.9 Å². The number of aliphatic hydroxyl groups is 3. The van der Waals surface area contributed by atoms with Crippen molar-refractivity contribution in [2.24, 2.45) is 34.0 Å². The summed E-state index contributed by atoms with van der Waals surface area (Å²) in [5, 5.41) is 30.9. The first-order valence-corrected chi connectivity index (χ1v) is 10.2. The molecule has 0 aromatic carbocycles. The molecule has 0 aliphatic heterocycles. The van der Waals surface area contributed by atoms with E-state index in [1.165, 1.54) is 0 Å². The van der Waals surface area contributed by atoms with Gasteiger partial charge in [0.25, 0.3) is 0 Å². The van der Waals surface area contributed by atoms with E-state index in [0.29, 0.717) is 25.7 Å². The summed E-state index contributed by atoms with van der Waals surface area (Å²) < 4.78 is 0. The van der Waals surface area contributed by atoms with Gasteiger partial charge >= 0.3 is 0 Å². The van der Waals surface area contributed by atoms with Crippen LogP contribution >= 0.6 is 0 Å². The van der Waals surface area contributed by atoms with Crippen molar-refractivity contribution in [2.75, 3.05) is 0 Å². The van der Waals surface area contributed by atoms with E-state index in [0.717, 1.165) is 12.8 Å². The van der Waals surface area contributed by atoms with E-state index in [-0.39, 0.29) is 41.2 Å². The Labute approximate surface area is 155 Å². The van der Waals surface area contributed by atoms with Gasteiger partial charge in [0.05, 0.1) is 18.3 Å². The van der Waals surface area contributed by atoms with Crippen molar-refractivity contribution in [3.05, 3.63) is 0 Å². The van der Waals surface area contributed by atoms with E-state index in [4.69, 9.17) is 0 Å². The molecule has 5 heteroatoms. The molecule has 0 aromatic rings. The monoisotopic (exact) mass is 364 g/mol.